The molecular weight excluding hydrogens is 334 g/mol. The smallest absolute Gasteiger partial charge is 0.252 e. The normalized spacial score (nSPS) is 22.3. The van der Waals surface area contributed by atoms with Gasteiger partial charge in [0.15, 0.2) is 0 Å². The first kappa shape index (κ1) is 18.2. The molecule has 3 heterocycles. The lowest BCUT2D eigenvalue weighted by atomic mass is 9.96. The molecule has 0 aromatic carbocycles. The largest absolute Gasteiger partial charge is 0.349 e. The van der Waals surface area contributed by atoms with E-state index in [0.717, 1.165) is 57.4 Å². The van der Waals surface area contributed by atoms with Crippen molar-refractivity contribution in [1.82, 2.24) is 15.5 Å². The van der Waals surface area contributed by atoms with Crippen molar-refractivity contribution in [3.63, 3.8) is 0 Å². The maximum atomic E-state index is 12.5. The highest BCUT2D eigenvalue weighted by atomic mass is 35.5. The Morgan fingerprint density at radius 2 is 2.04 bits per heavy atom. The summed E-state index contributed by atoms with van der Waals surface area (Å²) in [5.41, 5.74) is 0.733. The summed E-state index contributed by atoms with van der Waals surface area (Å²) in [6.07, 6.45) is 3.79. The highest BCUT2D eigenvalue weighted by Gasteiger charge is 2.29. The molecular formula is C16H24ClN3O2S. The van der Waals surface area contributed by atoms with Crippen LogP contribution in [0.25, 0.3) is 0 Å². The van der Waals surface area contributed by atoms with Crippen molar-refractivity contribution in [3.8, 4) is 0 Å². The van der Waals surface area contributed by atoms with E-state index in [4.69, 9.17) is 0 Å². The van der Waals surface area contributed by atoms with Crippen LogP contribution in [0.15, 0.2) is 16.8 Å². The van der Waals surface area contributed by atoms with E-state index in [9.17, 15) is 9.59 Å². The standard InChI is InChI=1S/C16H23N3O2S.ClH/c20-15(13-5-9-22-11-13)18-14-3-7-19(8-4-14)16(21)12-2-1-6-17-10-12;/h5,9,11-12,14,17H,1-4,6-8,10H2,(H,18,20);1H. The molecule has 1 atom stereocenters. The lowest BCUT2D eigenvalue weighted by Crippen LogP contribution is -2.50. The van der Waals surface area contributed by atoms with E-state index in [1.165, 1.54) is 11.3 Å². The van der Waals surface area contributed by atoms with E-state index in [2.05, 4.69) is 10.6 Å². The van der Waals surface area contributed by atoms with Crippen molar-refractivity contribution >= 4 is 35.6 Å². The zero-order valence-corrected chi connectivity index (χ0v) is 14.8. The first-order chi connectivity index (χ1) is 10.7. The van der Waals surface area contributed by atoms with Crippen LogP contribution < -0.4 is 10.6 Å². The van der Waals surface area contributed by atoms with Gasteiger partial charge in [-0.2, -0.15) is 11.3 Å². The predicted octanol–water partition coefficient (Wildman–Crippen LogP) is 1.89. The fourth-order valence-electron chi connectivity index (χ4n) is 3.23. The molecule has 23 heavy (non-hydrogen) atoms. The molecule has 0 bridgehead atoms. The molecule has 1 unspecified atom stereocenters. The Bertz CT molecular complexity index is 509. The van der Waals surface area contributed by atoms with E-state index >= 15 is 0 Å². The minimum Gasteiger partial charge on any atom is -0.349 e. The maximum Gasteiger partial charge on any atom is 0.252 e. The summed E-state index contributed by atoms with van der Waals surface area (Å²) in [5, 5.41) is 10.2. The summed E-state index contributed by atoms with van der Waals surface area (Å²) >= 11 is 1.53. The quantitative estimate of drug-likeness (QED) is 0.868. The SMILES string of the molecule is Cl.O=C(NC1CCN(C(=O)C2CCCNC2)CC1)c1ccsc1. The summed E-state index contributed by atoms with van der Waals surface area (Å²) in [7, 11) is 0. The number of nitrogens with one attached hydrogen (secondary N) is 2. The molecule has 3 rings (SSSR count). The highest BCUT2D eigenvalue weighted by molar-refractivity contribution is 7.08. The van der Waals surface area contributed by atoms with Crippen molar-refractivity contribution in [2.45, 2.75) is 31.7 Å². The van der Waals surface area contributed by atoms with Crippen LogP contribution in [0.2, 0.25) is 0 Å². The van der Waals surface area contributed by atoms with Crippen molar-refractivity contribution in [2.24, 2.45) is 5.92 Å². The second-order valence-corrected chi connectivity index (χ2v) is 6.91. The minimum absolute atomic E-state index is 0. The topological polar surface area (TPSA) is 61.4 Å². The van der Waals surface area contributed by atoms with Gasteiger partial charge in [-0.05, 0) is 43.7 Å². The van der Waals surface area contributed by atoms with Gasteiger partial charge in [-0.3, -0.25) is 9.59 Å². The first-order valence-electron chi connectivity index (χ1n) is 8.06. The second-order valence-electron chi connectivity index (χ2n) is 6.13. The zero-order valence-electron chi connectivity index (χ0n) is 13.1. The van der Waals surface area contributed by atoms with Crippen molar-refractivity contribution in [3.05, 3.63) is 22.4 Å². The number of hydrogen-bond acceptors (Lipinski definition) is 4. The lowest BCUT2D eigenvalue weighted by Gasteiger charge is -2.35. The number of piperidine rings is 2. The Labute approximate surface area is 147 Å². The van der Waals surface area contributed by atoms with Gasteiger partial charge in [-0.15, -0.1) is 12.4 Å². The van der Waals surface area contributed by atoms with E-state index in [0.29, 0.717) is 0 Å². The summed E-state index contributed by atoms with van der Waals surface area (Å²) < 4.78 is 0. The third kappa shape index (κ3) is 4.68. The summed E-state index contributed by atoms with van der Waals surface area (Å²) in [5.74, 6) is 0.433. The Hall–Kier alpha value is -1.11. The molecule has 2 aliphatic rings. The molecule has 1 aromatic heterocycles. The van der Waals surface area contributed by atoms with Crippen LogP contribution in [0.4, 0.5) is 0 Å². The number of halogens is 1. The third-order valence-corrected chi connectivity index (χ3v) is 5.25. The van der Waals surface area contributed by atoms with Gasteiger partial charge in [0.2, 0.25) is 5.91 Å². The Balaban J connectivity index is 0.00000192. The Morgan fingerprint density at radius 3 is 2.65 bits per heavy atom. The highest BCUT2D eigenvalue weighted by Crippen LogP contribution is 2.18. The fourth-order valence-corrected chi connectivity index (χ4v) is 3.86. The average molecular weight is 358 g/mol. The van der Waals surface area contributed by atoms with Gasteiger partial charge >= 0.3 is 0 Å². The van der Waals surface area contributed by atoms with Gasteiger partial charge in [0.05, 0.1) is 5.92 Å². The van der Waals surface area contributed by atoms with E-state index in [-0.39, 0.29) is 36.2 Å². The number of amides is 2. The lowest BCUT2D eigenvalue weighted by molar-refractivity contribution is -0.137. The molecule has 2 N–H and O–H groups in total. The number of likely N-dealkylation sites (tertiary alicyclic amines) is 1. The monoisotopic (exact) mass is 357 g/mol. The van der Waals surface area contributed by atoms with Crippen molar-refractivity contribution in [1.29, 1.82) is 0 Å². The molecule has 5 nitrogen and oxygen atoms in total. The van der Waals surface area contributed by atoms with Crippen LogP contribution in [0.5, 0.6) is 0 Å². The zero-order chi connectivity index (χ0) is 15.4. The molecule has 2 fully saturated rings. The number of rotatable bonds is 3. The number of thiophene rings is 1. The summed E-state index contributed by atoms with van der Waals surface area (Å²) in [4.78, 5) is 26.5. The molecule has 0 radical (unpaired) electrons. The summed E-state index contributed by atoms with van der Waals surface area (Å²) in [6.45, 7) is 3.35. The van der Waals surface area contributed by atoms with E-state index in [1.54, 1.807) is 0 Å². The van der Waals surface area contributed by atoms with E-state index in [1.807, 2.05) is 21.7 Å². The Kier molecular flexibility index (Phi) is 6.87. The average Bonchev–Trinajstić information content (AvgIpc) is 3.10. The third-order valence-electron chi connectivity index (χ3n) is 4.57. The van der Waals surface area contributed by atoms with Gasteiger partial charge in [0.25, 0.3) is 5.91 Å². The van der Waals surface area contributed by atoms with Crippen LogP contribution in [0.3, 0.4) is 0 Å². The molecule has 2 saturated heterocycles. The molecule has 0 spiro atoms. The van der Waals surface area contributed by atoms with Crippen LogP contribution in [0, 0.1) is 5.92 Å². The number of carbonyl (C=O) groups is 2. The van der Waals surface area contributed by atoms with Crippen LogP contribution in [-0.2, 0) is 4.79 Å². The fraction of sp³-hybridized carbons (Fsp3) is 0.625. The van der Waals surface area contributed by atoms with Crippen LogP contribution >= 0.6 is 23.7 Å². The van der Waals surface area contributed by atoms with Crippen LogP contribution in [0.1, 0.15) is 36.0 Å². The number of nitrogens with zero attached hydrogens (tertiary/aromatic N) is 1. The van der Waals surface area contributed by atoms with Gasteiger partial charge in [-0.1, -0.05) is 0 Å². The number of hydrogen-bond donors (Lipinski definition) is 2. The van der Waals surface area contributed by atoms with Crippen LogP contribution in [-0.4, -0.2) is 48.9 Å². The molecule has 2 amide bonds. The van der Waals surface area contributed by atoms with Gasteiger partial charge < -0.3 is 15.5 Å². The maximum absolute atomic E-state index is 12.5. The molecule has 7 heteroatoms. The van der Waals surface area contributed by atoms with Gasteiger partial charge in [-0.25, -0.2) is 0 Å². The molecule has 0 aliphatic carbocycles. The van der Waals surface area contributed by atoms with Gasteiger partial charge in [0.1, 0.15) is 0 Å². The Morgan fingerprint density at radius 1 is 1.26 bits per heavy atom. The number of carbonyl (C=O) groups excluding carboxylic acids is 2. The predicted molar refractivity (Wildman–Crippen MR) is 94.2 cm³/mol. The summed E-state index contributed by atoms with van der Waals surface area (Å²) in [6, 6.07) is 2.02. The van der Waals surface area contributed by atoms with Crippen molar-refractivity contribution < 1.29 is 9.59 Å². The minimum atomic E-state index is 0. The van der Waals surface area contributed by atoms with Crippen molar-refractivity contribution in [2.75, 3.05) is 26.2 Å². The molecule has 0 saturated carbocycles. The molecule has 128 valence electrons. The molecule has 1 aromatic rings. The van der Waals surface area contributed by atoms with E-state index < -0.39 is 0 Å². The molecule has 2 aliphatic heterocycles. The van der Waals surface area contributed by atoms with Gasteiger partial charge in [0, 0.05) is 36.6 Å². The second kappa shape index (κ2) is 8.66. The first-order valence-corrected chi connectivity index (χ1v) is 9.01.